The fourth-order valence-corrected chi connectivity index (χ4v) is 7.09. The van der Waals surface area contributed by atoms with Gasteiger partial charge in [-0.1, -0.05) is 21.6 Å². The molecule has 2 aliphatic rings. The molecular weight excluding hydrogens is 576 g/mol. The maximum atomic E-state index is 12.0. The quantitative estimate of drug-likeness (QED) is 0.208. The van der Waals surface area contributed by atoms with E-state index in [1.54, 1.807) is 13.8 Å². The van der Waals surface area contributed by atoms with Crippen molar-refractivity contribution in [3.05, 3.63) is 0 Å². The van der Waals surface area contributed by atoms with Gasteiger partial charge in [-0.3, -0.25) is 28.8 Å². The minimum Gasteiger partial charge on any atom is -0.456 e. The molecule has 0 aliphatic carbocycles. The fourth-order valence-electron chi connectivity index (χ4n) is 4.20. The SMILES string of the molecule is CC(=O)O[C@@H]1[C@H](OC(C)=O)[C@H](C)O[C@H](SS[C@H]2O[C@@H](C)[C@@H](OC(C)=O)[C@@H](OC(C)=O)[C@@H]2OC(C)=O)[C@H]1OC(C)=O. The predicted octanol–water partition coefficient (Wildman–Crippen LogP) is 1.45. The molecule has 0 N–H and O–H groups in total. The van der Waals surface area contributed by atoms with E-state index in [0.717, 1.165) is 49.3 Å². The van der Waals surface area contributed by atoms with Gasteiger partial charge in [-0.2, -0.15) is 0 Å². The molecule has 2 rings (SSSR count). The first-order valence-electron chi connectivity index (χ1n) is 12.3. The van der Waals surface area contributed by atoms with Crippen molar-refractivity contribution in [3.8, 4) is 0 Å². The van der Waals surface area contributed by atoms with Crippen LogP contribution in [0.2, 0.25) is 0 Å². The van der Waals surface area contributed by atoms with Crippen molar-refractivity contribution in [2.45, 2.75) is 115 Å². The molecule has 14 nitrogen and oxygen atoms in total. The van der Waals surface area contributed by atoms with Crippen LogP contribution in [0.1, 0.15) is 55.4 Å². The molecule has 0 saturated carbocycles. The lowest BCUT2D eigenvalue weighted by atomic mass is 10.00. The molecule has 0 radical (unpaired) electrons. The maximum Gasteiger partial charge on any atom is 0.303 e. The molecule has 0 aromatic carbocycles. The molecule has 226 valence electrons. The number of carbonyl (C=O) groups excluding carboxylic acids is 6. The number of ether oxygens (including phenoxy) is 8. The third-order valence-electron chi connectivity index (χ3n) is 5.51. The molecule has 2 heterocycles. The lowest BCUT2D eigenvalue weighted by molar-refractivity contribution is -0.229. The Labute approximate surface area is 239 Å². The zero-order valence-corrected chi connectivity index (χ0v) is 24.9. The minimum absolute atomic E-state index is 0.660. The fraction of sp³-hybridized carbons (Fsp3) is 0.750. The van der Waals surface area contributed by atoms with Crippen molar-refractivity contribution >= 4 is 57.4 Å². The van der Waals surface area contributed by atoms with Gasteiger partial charge in [0.1, 0.15) is 0 Å². The average molecular weight is 611 g/mol. The smallest absolute Gasteiger partial charge is 0.303 e. The Morgan fingerprint density at radius 3 is 0.900 bits per heavy atom. The van der Waals surface area contributed by atoms with Gasteiger partial charge in [0.05, 0.1) is 12.2 Å². The number of esters is 6. The van der Waals surface area contributed by atoms with Crippen molar-refractivity contribution in [2.24, 2.45) is 0 Å². The van der Waals surface area contributed by atoms with Gasteiger partial charge >= 0.3 is 35.8 Å². The van der Waals surface area contributed by atoms with Crippen LogP contribution < -0.4 is 0 Å². The van der Waals surface area contributed by atoms with Gasteiger partial charge in [0, 0.05) is 41.5 Å². The summed E-state index contributed by atoms with van der Waals surface area (Å²) in [6.07, 6.45) is -8.59. The van der Waals surface area contributed by atoms with Crippen molar-refractivity contribution in [1.29, 1.82) is 0 Å². The van der Waals surface area contributed by atoms with Gasteiger partial charge < -0.3 is 37.9 Å². The topological polar surface area (TPSA) is 176 Å². The Hall–Kier alpha value is -2.56. The Morgan fingerprint density at radius 2 is 0.650 bits per heavy atom. The summed E-state index contributed by atoms with van der Waals surface area (Å²) in [5.74, 6) is -4.15. The molecule has 2 saturated heterocycles. The highest BCUT2D eigenvalue weighted by atomic mass is 33.1. The van der Waals surface area contributed by atoms with Crippen LogP contribution in [-0.4, -0.2) is 95.5 Å². The minimum atomic E-state index is -1.22. The second kappa shape index (κ2) is 14.9. The Bertz CT molecular complexity index is 897. The van der Waals surface area contributed by atoms with Crippen LogP contribution >= 0.6 is 21.6 Å². The van der Waals surface area contributed by atoms with Gasteiger partial charge in [0.25, 0.3) is 0 Å². The molecule has 16 heteroatoms. The summed E-state index contributed by atoms with van der Waals surface area (Å²) in [6, 6.07) is 0. The van der Waals surface area contributed by atoms with Gasteiger partial charge in [-0.05, 0) is 13.8 Å². The molecule has 0 amide bonds. The zero-order chi connectivity index (χ0) is 30.3. The number of carbonyl (C=O) groups is 6. The molecule has 0 aromatic rings. The first kappa shape index (κ1) is 33.6. The molecule has 0 unspecified atom stereocenters. The van der Waals surface area contributed by atoms with E-state index >= 15 is 0 Å². The van der Waals surface area contributed by atoms with Gasteiger partial charge in [0.2, 0.25) is 0 Å². The maximum absolute atomic E-state index is 12.0. The van der Waals surface area contributed by atoms with Gasteiger partial charge in [0.15, 0.2) is 47.5 Å². The van der Waals surface area contributed by atoms with Crippen molar-refractivity contribution in [1.82, 2.24) is 0 Å². The first-order valence-corrected chi connectivity index (χ1v) is 14.5. The van der Waals surface area contributed by atoms with Crippen LogP contribution in [0.5, 0.6) is 0 Å². The third kappa shape index (κ3) is 9.52. The summed E-state index contributed by atoms with van der Waals surface area (Å²) in [6.45, 7) is 10.1. The van der Waals surface area contributed by atoms with Crippen molar-refractivity contribution < 1.29 is 66.7 Å². The van der Waals surface area contributed by atoms with Crippen LogP contribution in [-0.2, 0) is 66.7 Å². The highest BCUT2D eigenvalue weighted by Gasteiger charge is 2.53. The number of rotatable bonds is 9. The van der Waals surface area contributed by atoms with Crippen LogP contribution in [0.25, 0.3) is 0 Å². The molecule has 2 fully saturated rings. The van der Waals surface area contributed by atoms with E-state index in [2.05, 4.69) is 0 Å². The standard InChI is InChI=1S/C24H34O14S2/c1-9-17(33-11(3)25)19(35-13(5)27)21(37-15(7)29)23(31-9)39-40-24-22(38-16(8)30)20(36-14(6)28)18(10(2)32-24)34-12(4)26/h9-10,17-24H,1-8H3/t9-,10-,17+,18+,19+,20+,21-,22-,23+,24+/m0/s1. The van der Waals surface area contributed by atoms with E-state index in [1.807, 2.05) is 0 Å². The van der Waals surface area contributed by atoms with Crippen molar-refractivity contribution in [2.75, 3.05) is 0 Å². The first-order chi connectivity index (χ1) is 18.6. The Kier molecular flexibility index (Phi) is 12.5. The normalized spacial score (nSPS) is 33.6. The molecule has 2 aliphatic heterocycles. The van der Waals surface area contributed by atoms with E-state index < -0.39 is 95.5 Å². The average Bonchev–Trinajstić information content (AvgIpc) is 2.79. The van der Waals surface area contributed by atoms with Crippen LogP contribution in [0.4, 0.5) is 0 Å². The van der Waals surface area contributed by atoms with E-state index in [4.69, 9.17) is 37.9 Å². The van der Waals surface area contributed by atoms with Gasteiger partial charge in [-0.25, -0.2) is 0 Å². The summed E-state index contributed by atoms with van der Waals surface area (Å²) >= 11 is 0. The molecule has 40 heavy (non-hydrogen) atoms. The monoisotopic (exact) mass is 610 g/mol. The summed E-state index contributed by atoms with van der Waals surface area (Å²) in [5, 5.41) is 0. The summed E-state index contributed by atoms with van der Waals surface area (Å²) < 4.78 is 44.4. The van der Waals surface area contributed by atoms with Crippen LogP contribution in [0.3, 0.4) is 0 Å². The lowest BCUT2D eigenvalue weighted by Crippen LogP contribution is -2.60. The molecular formula is C24H34O14S2. The second-order valence-electron chi connectivity index (χ2n) is 9.06. The van der Waals surface area contributed by atoms with E-state index in [1.165, 1.54) is 13.8 Å². The second-order valence-corrected chi connectivity index (χ2v) is 11.5. The number of hydrogen-bond acceptors (Lipinski definition) is 16. The van der Waals surface area contributed by atoms with Crippen LogP contribution in [0, 0.1) is 0 Å². The lowest BCUT2D eigenvalue weighted by Gasteiger charge is -2.45. The molecule has 0 aromatic heterocycles. The Morgan fingerprint density at radius 1 is 0.425 bits per heavy atom. The molecule has 10 atom stereocenters. The summed E-state index contributed by atoms with van der Waals surface area (Å²) in [7, 11) is 2.00. The third-order valence-corrected chi connectivity index (χ3v) is 8.23. The Balaban J connectivity index is 2.38. The largest absolute Gasteiger partial charge is 0.456 e. The number of hydrogen-bond donors (Lipinski definition) is 0. The van der Waals surface area contributed by atoms with E-state index in [9.17, 15) is 28.8 Å². The summed E-state index contributed by atoms with van der Waals surface area (Å²) in [5.41, 5.74) is -1.98. The summed E-state index contributed by atoms with van der Waals surface area (Å²) in [4.78, 5) is 71.2. The predicted molar refractivity (Wildman–Crippen MR) is 137 cm³/mol. The van der Waals surface area contributed by atoms with Crippen LogP contribution in [0.15, 0.2) is 0 Å². The zero-order valence-electron chi connectivity index (χ0n) is 23.3. The van der Waals surface area contributed by atoms with Crippen molar-refractivity contribution in [3.63, 3.8) is 0 Å². The van der Waals surface area contributed by atoms with E-state index in [-0.39, 0.29) is 0 Å². The highest BCUT2D eigenvalue weighted by Crippen LogP contribution is 2.45. The van der Waals surface area contributed by atoms with Gasteiger partial charge in [-0.15, -0.1) is 0 Å². The molecule has 0 spiro atoms. The highest BCUT2D eigenvalue weighted by molar-refractivity contribution is 8.77. The molecule has 0 bridgehead atoms. The van der Waals surface area contributed by atoms with E-state index in [0.29, 0.717) is 0 Å².